The highest BCUT2D eigenvalue weighted by atomic mass is 35.5. The molecule has 0 fully saturated rings. The van der Waals surface area contributed by atoms with Gasteiger partial charge in [-0.2, -0.15) is 0 Å². The summed E-state index contributed by atoms with van der Waals surface area (Å²) in [5.74, 6) is -0.446. The van der Waals surface area contributed by atoms with Crippen LogP contribution in [-0.4, -0.2) is 12.1 Å². The average Bonchev–Trinajstić information content (AvgIpc) is 2.38. The molecule has 0 heterocycles. The average molecular weight is 339 g/mol. The number of anilines is 3. The van der Waals surface area contributed by atoms with Crippen molar-refractivity contribution in [2.24, 2.45) is 0 Å². The van der Waals surface area contributed by atoms with Crippen LogP contribution in [0.1, 0.15) is 24.2 Å². The molecule has 0 amide bonds. The topological polar surface area (TPSA) is 64.3 Å². The highest BCUT2D eigenvalue weighted by Gasteiger charge is 2.15. The van der Waals surface area contributed by atoms with E-state index >= 15 is 0 Å². The molecule has 2 rings (SSSR count). The number of benzene rings is 2. The first-order chi connectivity index (χ1) is 10.3. The second-order valence-electron chi connectivity index (χ2n) is 5.04. The van der Waals surface area contributed by atoms with Gasteiger partial charge in [0.05, 0.1) is 17.4 Å². The Balaban J connectivity index is 2.36. The van der Waals surface area contributed by atoms with E-state index in [0.29, 0.717) is 32.7 Å². The summed E-state index contributed by atoms with van der Waals surface area (Å²) in [6.07, 6.45) is -0.220. The zero-order valence-electron chi connectivity index (χ0n) is 12.2. The Labute approximate surface area is 139 Å². The number of nitrogen functional groups attached to an aromatic ring is 1. The van der Waals surface area contributed by atoms with Crippen molar-refractivity contribution in [1.29, 1.82) is 0 Å². The minimum atomic E-state index is -0.446. The van der Waals surface area contributed by atoms with Crippen LogP contribution in [0.3, 0.4) is 0 Å². The molecule has 0 unspecified atom stereocenters. The molecule has 0 saturated heterocycles. The number of esters is 1. The largest absolute Gasteiger partial charge is 0.459 e. The van der Waals surface area contributed by atoms with Crippen LogP contribution in [0.25, 0.3) is 0 Å². The van der Waals surface area contributed by atoms with Gasteiger partial charge in [0.25, 0.3) is 0 Å². The Morgan fingerprint density at radius 3 is 2.36 bits per heavy atom. The summed E-state index contributed by atoms with van der Waals surface area (Å²) in [5, 5.41) is 4.10. The SMILES string of the molecule is CC(C)OC(=O)c1cc(N)ccc1Nc1cc(Cl)cc(Cl)c1. The van der Waals surface area contributed by atoms with E-state index in [2.05, 4.69) is 5.32 Å². The minimum absolute atomic E-state index is 0.220. The van der Waals surface area contributed by atoms with E-state index in [1.54, 1.807) is 50.2 Å². The summed E-state index contributed by atoms with van der Waals surface area (Å²) in [5.41, 5.74) is 7.82. The van der Waals surface area contributed by atoms with Gasteiger partial charge in [-0.3, -0.25) is 0 Å². The van der Waals surface area contributed by atoms with Gasteiger partial charge in [-0.05, 0) is 50.2 Å². The predicted octanol–water partition coefficient (Wildman–Crippen LogP) is 4.88. The van der Waals surface area contributed by atoms with E-state index in [-0.39, 0.29) is 6.10 Å². The fraction of sp³-hybridized carbons (Fsp3) is 0.188. The molecule has 2 aromatic rings. The number of carbonyl (C=O) groups is 1. The van der Waals surface area contributed by atoms with E-state index in [4.69, 9.17) is 33.7 Å². The molecule has 22 heavy (non-hydrogen) atoms. The van der Waals surface area contributed by atoms with Crippen molar-refractivity contribution in [3.05, 3.63) is 52.0 Å². The Bertz CT molecular complexity index is 682. The van der Waals surface area contributed by atoms with Crippen molar-refractivity contribution in [2.45, 2.75) is 20.0 Å². The summed E-state index contributed by atoms with van der Waals surface area (Å²) in [7, 11) is 0. The van der Waals surface area contributed by atoms with Crippen LogP contribution in [-0.2, 0) is 4.74 Å². The number of hydrogen-bond acceptors (Lipinski definition) is 4. The summed E-state index contributed by atoms with van der Waals surface area (Å²) in [6.45, 7) is 3.57. The quantitative estimate of drug-likeness (QED) is 0.615. The van der Waals surface area contributed by atoms with Gasteiger partial charge in [-0.15, -0.1) is 0 Å². The monoisotopic (exact) mass is 338 g/mol. The van der Waals surface area contributed by atoms with Crippen LogP contribution >= 0.6 is 23.2 Å². The lowest BCUT2D eigenvalue weighted by Crippen LogP contribution is -2.13. The molecule has 0 aromatic heterocycles. The summed E-state index contributed by atoms with van der Waals surface area (Å²) >= 11 is 12.0. The van der Waals surface area contributed by atoms with Gasteiger partial charge in [0.1, 0.15) is 0 Å². The first-order valence-electron chi connectivity index (χ1n) is 6.69. The standard InChI is InChI=1S/C16H16Cl2N2O2/c1-9(2)22-16(21)14-8-12(19)3-4-15(14)20-13-6-10(17)5-11(18)7-13/h3-9,20H,19H2,1-2H3. The third-order valence-electron chi connectivity index (χ3n) is 2.75. The molecular formula is C16H16Cl2N2O2. The highest BCUT2D eigenvalue weighted by molar-refractivity contribution is 6.35. The molecule has 0 bridgehead atoms. The van der Waals surface area contributed by atoms with Gasteiger partial charge in [0, 0.05) is 21.4 Å². The fourth-order valence-electron chi connectivity index (χ4n) is 1.90. The summed E-state index contributed by atoms with van der Waals surface area (Å²) in [6, 6.07) is 10.0. The maximum absolute atomic E-state index is 12.2. The first-order valence-corrected chi connectivity index (χ1v) is 7.44. The Morgan fingerprint density at radius 2 is 1.77 bits per heavy atom. The van der Waals surface area contributed by atoms with E-state index < -0.39 is 5.97 Å². The smallest absolute Gasteiger partial charge is 0.340 e. The molecule has 3 N–H and O–H groups in total. The van der Waals surface area contributed by atoms with Crippen LogP contribution in [0.15, 0.2) is 36.4 Å². The molecule has 2 aromatic carbocycles. The third-order valence-corrected chi connectivity index (χ3v) is 3.18. The molecular weight excluding hydrogens is 323 g/mol. The van der Waals surface area contributed by atoms with Crippen molar-refractivity contribution < 1.29 is 9.53 Å². The van der Waals surface area contributed by atoms with Gasteiger partial charge >= 0.3 is 5.97 Å². The maximum Gasteiger partial charge on any atom is 0.340 e. The number of nitrogens with one attached hydrogen (secondary N) is 1. The molecule has 4 nitrogen and oxygen atoms in total. The van der Waals surface area contributed by atoms with Crippen LogP contribution in [0.5, 0.6) is 0 Å². The van der Waals surface area contributed by atoms with E-state index in [1.807, 2.05) is 0 Å². The number of nitrogens with two attached hydrogens (primary N) is 1. The first kappa shape index (κ1) is 16.5. The van der Waals surface area contributed by atoms with E-state index in [1.165, 1.54) is 0 Å². The molecule has 0 aliphatic carbocycles. The fourth-order valence-corrected chi connectivity index (χ4v) is 2.42. The second kappa shape index (κ2) is 6.90. The lowest BCUT2D eigenvalue weighted by Gasteiger charge is -2.14. The molecule has 0 saturated carbocycles. The summed E-state index contributed by atoms with van der Waals surface area (Å²) in [4.78, 5) is 12.2. The molecule has 0 atom stereocenters. The second-order valence-corrected chi connectivity index (χ2v) is 5.92. The number of ether oxygens (including phenoxy) is 1. The Kier molecular flexibility index (Phi) is 5.16. The van der Waals surface area contributed by atoms with Crippen LogP contribution in [0.4, 0.5) is 17.1 Å². The normalized spacial score (nSPS) is 10.6. The van der Waals surface area contributed by atoms with Crippen molar-refractivity contribution in [3.63, 3.8) is 0 Å². The highest BCUT2D eigenvalue weighted by Crippen LogP contribution is 2.28. The molecule has 0 radical (unpaired) electrons. The lowest BCUT2D eigenvalue weighted by molar-refractivity contribution is 0.0379. The number of halogens is 2. The molecule has 116 valence electrons. The summed E-state index contributed by atoms with van der Waals surface area (Å²) < 4.78 is 5.23. The van der Waals surface area contributed by atoms with E-state index in [9.17, 15) is 4.79 Å². The minimum Gasteiger partial charge on any atom is -0.459 e. The Hall–Kier alpha value is -1.91. The van der Waals surface area contributed by atoms with Gasteiger partial charge in [-0.1, -0.05) is 23.2 Å². The third kappa shape index (κ3) is 4.29. The van der Waals surface area contributed by atoms with Crippen molar-refractivity contribution in [2.75, 3.05) is 11.1 Å². The Morgan fingerprint density at radius 1 is 1.14 bits per heavy atom. The number of hydrogen-bond donors (Lipinski definition) is 2. The zero-order valence-corrected chi connectivity index (χ0v) is 13.7. The van der Waals surface area contributed by atoms with Crippen molar-refractivity contribution in [1.82, 2.24) is 0 Å². The van der Waals surface area contributed by atoms with Gasteiger partial charge in [-0.25, -0.2) is 4.79 Å². The van der Waals surface area contributed by atoms with Gasteiger partial charge in [0.2, 0.25) is 0 Å². The lowest BCUT2D eigenvalue weighted by atomic mass is 10.1. The molecule has 0 spiro atoms. The zero-order chi connectivity index (χ0) is 16.3. The number of rotatable bonds is 4. The van der Waals surface area contributed by atoms with Gasteiger partial charge in [0.15, 0.2) is 0 Å². The van der Waals surface area contributed by atoms with E-state index in [0.717, 1.165) is 0 Å². The molecule has 6 heteroatoms. The number of carbonyl (C=O) groups excluding carboxylic acids is 1. The molecule has 0 aliphatic rings. The van der Waals surface area contributed by atoms with Gasteiger partial charge < -0.3 is 15.8 Å². The van der Waals surface area contributed by atoms with Crippen molar-refractivity contribution in [3.8, 4) is 0 Å². The van der Waals surface area contributed by atoms with Crippen LogP contribution in [0, 0.1) is 0 Å². The van der Waals surface area contributed by atoms with Crippen LogP contribution in [0.2, 0.25) is 10.0 Å². The predicted molar refractivity (Wildman–Crippen MR) is 91.2 cm³/mol. The molecule has 0 aliphatic heterocycles. The van der Waals surface area contributed by atoms with Crippen LogP contribution < -0.4 is 11.1 Å². The van der Waals surface area contributed by atoms with Crippen molar-refractivity contribution >= 4 is 46.2 Å². The maximum atomic E-state index is 12.2.